The maximum absolute atomic E-state index is 5.76. The number of para-hydroxylation sites is 2. The maximum atomic E-state index is 5.76. The van der Waals surface area contributed by atoms with Gasteiger partial charge < -0.3 is 15.2 Å². The Morgan fingerprint density at radius 2 is 1.94 bits per heavy atom. The Labute approximate surface area is 99.2 Å². The molecule has 2 rings (SSSR count). The molecule has 0 fully saturated rings. The van der Waals surface area contributed by atoms with E-state index in [1.807, 2.05) is 19.1 Å². The number of hydrogen-bond donors (Lipinski definition) is 1. The molecule has 1 aromatic carbocycles. The third-order valence-electron chi connectivity index (χ3n) is 2.02. The SMILES string of the molecule is CCOc1cncc(Oc2ccccc2N)n1. The van der Waals surface area contributed by atoms with Crippen LogP contribution in [0.15, 0.2) is 36.7 Å². The number of benzene rings is 1. The number of nitrogens with zero attached hydrogens (tertiary/aromatic N) is 2. The number of hydrogen-bond acceptors (Lipinski definition) is 5. The largest absolute Gasteiger partial charge is 0.477 e. The van der Waals surface area contributed by atoms with E-state index in [0.717, 1.165) is 0 Å². The molecule has 0 saturated carbocycles. The number of ether oxygens (including phenoxy) is 2. The molecule has 0 aliphatic heterocycles. The molecule has 5 nitrogen and oxygen atoms in total. The lowest BCUT2D eigenvalue weighted by molar-refractivity contribution is 0.319. The van der Waals surface area contributed by atoms with E-state index in [-0.39, 0.29) is 0 Å². The van der Waals surface area contributed by atoms with E-state index < -0.39 is 0 Å². The summed E-state index contributed by atoms with van der Waals surface area (Å²) >= 11 is 0. The van der Waals surface area contributed by atoms with Gasteiger partial charge in [0, 0.05) is 0 Å². The fourth-order valence-electron chi connectivity index (χ4n) is 1.28. The molecule has 2 aromatic rings. The summed E-state index contributed by atoms with van der Waals surface area (Å²) in [6.45, 7) is 2.41. The van der Waals surface area contributed by atoms with Crippen molar-refractivity contribution in [2.24, 2.45) is 0 Å². The first-order valence-corrected chi connectivity index (χ1v) is 5.27. The maximum Gasteiger partial charge on any atom is 0.241 e. The number of anilines is 1. The van der Waals surface area contributed by atoms with Gasteiger partial charge in [0.05, 0.1) is 24.7 Å². The first-order valence-electron chi connectivity index (χ1n) is 5.27. The molecule has 1 aromatic heterocycles. The van der Waals surface area contributed by atoms with Crippen LogP contribution in [0.2, 0.25) is 0 Å². The normalized spacial score (nSPS) is 9.94. The minimum absolute atomic E-state index is 0.355. The molecule has 0 amide bonds. The number of aromatic nitrogens is 2. The molecule has 0 bridgehead atoms. The van der Waals surface area contributed by atoms with Crippen LogP contribution in [0.3, 0.4) is 0 Å². The van der Waals surface area contributed by atoms with Gasteiger partial charge >= 0.3 is 0 Å². The van der Waals surface area contributed by atoms with E-state index in [1.165, 1.54) is 12.4 Å². The summed E-state index contributed by atoms with van der Waals surface area (Å²) < 4.78 is 10.7. The summed E-state index contributed by atoms with van der Waals surface area (Å²) in [5, 5.41) is 0. The molecule has 0 aliphatic rings. The lowest BCUT2D eigenvalue weighted by Gasteiger charge is -2.07. The van der Waals surface area contributed by atoms with Gasteiger partial charge in [-0.3, -0.25) is 4.98 Å². The van der Waals surface area contributed by atoms with Gasteiger partial charge in [0.25, 0.3) is 0 Å². The lowest BCUT2D eigenvalue weighted by atomic mass is 10.3. The molecule has 0 saturated heterocycles. The second-order valence-electron chi connectivity index (χ2n) is 3.27. The fraction of sp³-hybridized carbons (Fsp3) is 0.167. The molecule has 2 N–H and O–H groups in total. The lowest BCUT2D eigenvalue weighted by Crippen LogP contribution is -1.98. The number of nitrogen functional groups attached to an aromatic ring is 1. The topological polar surface area (TPSA) is 70.3 Å². The van der Waals surface area contributed by atoms with E-state index in [2.05, 4.69) is 9.97 Å². The highest BCUT2D eigenvalue weighted by Gasteiger charge is 2.04. The Kier molecular flexibility index (Phi) is 3.40. The molecule has 17 heavy (non-hydrogen) atoms. The van der Waals surface area contributed by atoms with Gasteiger partial charge in [-0.15, -0.1) is 0 Å². The minimum atomic E-state index is 0.355. The van der Waals surface area contributed by atoms with E-state index in [4.69, 9.17) is 15.2 Å². The number of rotatable bonds is 4. The molecule has 1 heterocycles. The average molecular weight is 231 g/mol. The van der Waals surface area contributed by atoms with E-state index in [1.54, 1.807) is 12.1 Å². The van der Waals surface area contributed by atoms with Gasteiger partial charge in [0.1, 0.15) is 0 Å². The van der Waals surface area contributed by atoms with Crippen molar-refractivity contribution in [1.29, 1.82) is 0 Å². The van der Waals surface area contributed by atoms with Gasteiger partial charge in [-0.1, -0.05) is 12.1 Å². The third-order valence-corrected chi connectivity index (χ3v) is 2.02. The molecule has 88 valence electrons. The molecule has 0 atom stereocenters. The van der Waals surface area contributed by atoms with Gasteiger partial charge in [-0.2, -0.15) is 4.98 Å². The zero-order valence-corrected chi connectivity index (χ0v) is 9.46. The third kappa shape index (κ3) is 2.84. The highest BCUT2D eigenvalue weighted by atomic mass is 16.5. The van der Waals surface area contributed by atoms with Crippen LogP contribution in [-0.2, 0) is 0 Å². The summed E-state index contributed by atoms with van der Waals surface area (Å²) in [4.78, 5) is 8.11. The van der Waals surface area contributed by atoms with Crippen LogP contribution in [0.1, 0.15) is 6.92 Å². The van der Waals surface area contributed by atoms with Crippen molar-refractivity contribution in [3.63, 3.8) is 0 Å². The van der Waals surface area contributed by atoms with Crippen molar-refractivity contribution in [1.82, 2.24) is 9.97 Å². The summed E-state index contributed by atoms with van der Waals surface area (Å²) in [6, 6.07) is 7.20. The van der Waals surface area contributed by atoms with Gasteiger partial charge in [0.15, 0.2) is 5.75 Å². The van der Waals surface area contributed by atoms with E-state index >= 15 is 0 Å². The van der Waals surface area contributed by atoms with Crippen molar-refractivity contribution in [2.75, 3.05) is 12.3 Å². The van der Waals surface area contributed by atoms with Crippen LogP contribution >= 0.6 is 0 Å². The van der Waals surface area contributed by atoms with Gasteiger partial charge in [-0.25, -0.2) is 0 Å². The van der Waals surface area contributed by atoms with Crippen molar-refractivity contribution in [3.8, 4) is 17.5 Å². The first kappa shape index (κ1) is 11.2. The quantitative estimate of drug-likeness (QED) is 0.817. The summed E-state index contributed by atoms with van der Waals surface area (Å²) in [5.41, 5.74) is 6.31. The summed E-state index contributed by atoms with van der Waals surface area (Å²) in [5.74, 6) is 1.34. The molecule has 0 spiro atoms. The van der Waals surface area contributed by atoms with Crippen molar-refractivity contribution in [2.45, 2.75) is 6.92 Å². The van der Waals surface area contributed by atoms with Crippen molar-refractivity contribution >= 4 is 5.69 Å². The Morgan fingerprint density at radius 3 is 2.71 bits per heavy atom. The monoisotopic (exact) mass is 231 g/mol. The Balaban J connectivity index is 2.18. The van der Waals surface area contributed by atoms with Crippen LogP contribution in [0.5, 0.6) is 17.5 Å². The Hall–Kier alpha value is -2.30. The zero-order chi connectivity index (χ0) is 12.1. The van der Waals surface area contributed by atoms with Crippen LogP contribution in [0, 0.1) is 0 Å². The highest BCUT2D eigenvalue weighted by molar-refractivity contribution is 5.52. The Bertz CT molecular complexity index is 503. The van der Waals surface area contributed by atoms with Crippen LogP contribution in [-0.4, -0.2) is 16.6 Å². The predicted molar refractivity (Wildman–Crippen MR) is 64.1 cm³/mol. The van der Waals surface area contributed by atoms with E-state index in [0.29, 0.717) is 29.8 Å². The molecular formula is C12H13N3O2. The smallest absolute Gasteiger partial charge is 0.241 e. The molecular weight excluding hydrogens is 218 g/mol. The number of nitrogens with two attached hydrogens (primary N) is 1. The molecule has 0 unspecified atom stereocenters. The predicted octanol–water partition coefficient (Wildman–Crippen LogP) is 2.25. The standard InChI is InChI=1S/C12H13N3O2/c1-2-16-11-7-14-8-12(15-11)17-10-6-4-3-5-9(10)13/h3-8H,2,13H2,1H3. The summed E-state index contributed by atoms with van der Waals surface area (Å²) in [6.07, 6.45) is 3.04. The van der Waals surface area contributed by atoms with E-state index in [9.17, 15) is 0 Å². The highest BCUT2D eigenvalue weighted by Crippen LogP contribution is 2.25. The van der Waals surface area contributed by atoms with Crippen LogP contribution < -0.4 is 15.2 Å². The van der Waals surface area contributed by atoms with Gasteiger partial charge in [-0.05, 0) is 19.1 Å². The fourth-order valence-corrected chi connectivity index (χ4v) is 1.28. The Morgan fingerprint density at radius 1 is 1.18 bits per heavy atom. The van der Waals surface area contributed by atoms with Crippen molar-refractivity contribution < 1.29 is 9.47 Å². The van der Waals surface area contributed by atoms with Crippen molar-refractivity contribution in [3.05, 3.63) is 36.7 Å². The average Bonchev–Trinajstić information content (AvgIpc) is 2.33. The molecule has 0 aliphatic carbocycles. The minimum Gasteiger partial charge on any atom is -0.477 e. The zero-order valence-electron chi connectivity index (χ0n) is 9.46. The first-order chi connectivity index (χ1) is 8.29. The summed E-state index contributed by atoms with van der Waals surface area (Å²) in [7, 11) is 0. The second kappa shape index (κ2) is 5.16. The van der Waals surface area contributed by atoms with Crippen LogP contribution in [0.25, 0.3) is 0 Å². The second-order valence-corrected chi connectivity index (χ2v) is 3.27. The molecule has 0 radical (unpaired) electrons. The van der Waals surface area contributed by atoms with Crippen LogP contribution in [0.4, 0.5) is 5.69 Å². The van der Waals surface area contributed by atoms with Gasteiger partial charge in [0.2, 0.25) is 11.8 Å². The molecule has 5 heteroatoms.